The van der Waals surface area contributed by atoms with Crippen LogP contribution >= 0.6 is 0 Å². The highest BCUT2D eigenvalue weighted by molar-refractivity contribution is 5.93. The number of alkyl carbamates (subject to hydrolysis) is 1. The number of unbranched alkanes of at least 4 members (excludes halogenated alkanes) is 1. The van der Waals surface area contributed by atoms with Crippen LogP contribution in [0.2, 0.25) is 0 Å². The maximum atomic E-state index is 13.9. The maximum absolute atomic E-state index is 13.9. The number of aromatic hydroxyl groups is 1. The van der Waals surface area contributed by atoms with Crippen LogP contribution < -0.4 is 10.6 Å². The first-order chi connectivity index (χ1) is 17.5. The summed E-state index contributed by atoms with van der Waals surface area (Å²) in [5.41, 5.74) is 1.26. The molecule has 3 amide bonds. The minimum absolute atomic E-state index is 0.0640. The van der Waals surface area contributed by atoms with E-state index < -0.39 is 35.6 Å². The van der Waals surface area contributed by atoms with Crippen molar-refractivity contribution in [1.82, 2.24) is 15.5 Å². The fraction of sp³-hybridized carbons (Fsp3) is 0.414. The van der Waals surface area contributed by atoms with Gasteiger partial charge in [-0.05, 0) is 62.9 Å². The molecule has 8 nitrogen and oxygen atoms in total. The van der Waals surface area contributed by atoms with Crippen molar-refractivity contribution >= 4 is 17.9 Å². The first kappa shape index (κ1) is 29.2. The molecule has 8 heteroatoms. The second-order valence-corrected chi connectivity index (χ2v) is 9.81. The molecule has 0 heterocycles. The number of carbonyl (C=O) groups is 3. The molecule has 0 spiro atoms. The van der Waals surface area contributed by atoms with E-state index in [4.69, 9.17) is 11.2 Å². The number of carbonyl (C=O) groups excluding carboxylic acids is 3. The van der Waals surface area contributed by atoms with Crippen molar-refractivity contribution in [3.63, 3.8) is 0 Å². The van der Waals surface area contributed by atoms with Crippen LogP contribution in [0.25, 0.3) is 0 Å². The smallest absolute Gasteiger partial charge is 0.408 e. The summed E-state index contributed by atoms with van der Waals surface area (Å²) >= 11 is 0. The first-order valence-electron chi connectivity index (χ1n) is 12.4. The van der Waals surface area contributed by atoms with Gasteiger partial charge in [-0.1, -0.05) is 56.2 Å². The average molecular weight is 508 g/mol. The number of phenols is 1. The molecule has 0 aliphatic carbocycles. The third-order valence-corrected chi connectivity index (χ3v) is 5.56. The number of aryl methyl sites for hydroxylation is 1. The van der Waals surface area contributed by atoms with Crippen molar-refractivity contribution in [3.8, 4) is 18.2 Å². The molecule has 2 atom stereocenters. The molecule has 0 saturated heterocycles. The van der Waals surface area contributed by atoms with Gasteiger partial charge in [0.1, 0.15) is 23.4 Å². The largest absolute Gasteiger partial charge is 0.508 e. The lowest BCUT2D eigenvalue weighted by molar-refractivity contribution is -0.138. The summed E-state index contributed by atoms with van der Waals surface area (Å²) in [7, 11) is 0. The van der Waals surface area contributed by atoms with Gasteiger partial charge in [0.05, 0.1) is 0 Å². The number of rotatable bonds is 10. The zero-order valence-electron chi connectivity index (χ0n) is 22.2. The summed E-state index contributed by atoms with van der Waals surface area (Å²) in [6, 6.07) is 13.6. The Morgan fingerprint density at radius 3 is 2.32 bits per heavy atom. The molecule has 0 aliphatic rings. The van der Waals surface area contributed by atoms with Crippen molar-refractivity contribution in [2.75, 3.05) is 6.54 Å². The third-order valence-electron chi connectivity index (χ3n) is 5.56. The van der Waals surface area contributed by atoms with E-state index in [0.29, 0.717) is 17.7 Å². The van der Waals surface area contributed by atoms with Crippen molar-refractivity contribution in [2.24, 2.45) is 0 Å². The molecule has 0 radical (unpaired) electrons. The summed E-state index contributed by atoms with van der Waals surface area (Å²) in [4.78, 5) is 40.9. The molecule has 0 bridgehead atoms. The zero-order valence-corrected chi connectivity index (χ0v) is 22.2. The van der Waals surface area contributed by atoms with E-state index in [1.165, 1.54) is 12.1 Å². The molecule has 2 rings (SSSR count). The summed E-state index contributed by atoms with van der Waals surface area (Å²) < 4.78 is 5.37. The Bertz CT molecular complexity index is 1120. The summed E-state index contributed by atoms with van der Waals surface area (Å²) in [5.74, 6) is -0.977. The van der Waals surface area contributed by atoms with Crippen LogP contribution in [-0.2, 0) is 20.7 Å². The first-order valence-corrected chi connectivity index (χ1v) is 12.4. The van der Waals surface area contributed by atoms with E-state index in [0.717, 1.165) is 23.3 Å². The van der Waals surface area contributed by atoms with E-state index >= 15 is 0 Å². The zero-order chi connectivity index (χ0) is 27.6. The Labute approximate surface area is 219 Å². The lowest BCUT2D eigenvalue weighted by Gasteiger charge is -2.31. The second kappa shape index (κ2) is 13.4. The minimum atomic E-state index is -1.13. The highest BCUT2D eigenvalue weighted by Gasteiger charge is 2.36. The maximum Gasteiger partial charge on any atom is 0.408 e. The lowest BCUT2D eigenvalue weighted by Crippen LogP contribution is -2.52. The van der Waals surface area contributed by atoms with Crippen molar-refractivity contribution < 1.29 is 24.2 Å². The van der Waals surface area contributed by atoms with Crippen molar-refractivity contribution in [2.45, 2.75) is 71.6 Å². The molecular weight excluding hydrogens is 470 g/mol. The number of terminal acetylenes is 1. The normalized spacial score (nSPS) is 12.5. The van der Waals surface area contributed by atoms with Crippen molar-refractivity contribution in [3.05, 3.63) is 65.2 Å². The standard InChI is InChI=1S/C29H37N3O5/c1-7-9-18-30-26(34)25(23-13-11-10-12-20(23)3)32(8-2)27(35)24(31-28(36)37-29(4,5)6)19-21-14-16-22(33)17-15-21/h2,10-17,24-25,33H,7,9,18-19H2,1,3-6H3,(H,30,34)(H,31,36). The van der Waals surface area contributed by atoms with Crippen LogP contribution in [0.5, 0.6) is 5.75 Å². The Hall–Kier alpha value is -3.99. The van der Waals surface area contributed by atoms with Gasteiger partial charge in [-0.2, -0.15) is 0 Å². The molecule has 3 N–H and O–H groups in total. The van der Waals surface area contributed by atoms with Gasteiger partial charge in [-0.25, -0.2) is 4.79 Å². The molecule has 0 aromatic heterocycles. The minimum Gasteiger partial charge on any atom is -0.508 e. The van der Waals surface area contributed by atoms with E-state index in [2.05, 4.69) is 16.7 Å². The molecule has 2 aromatic rings. The van der Waals surface area contributed by atoms with Crippen LogP contribution in [0.1, 0.15) is 63.3 Å². The average Bonchev–Trinajstić information content (AvgIpc) is 2.82. The van der Waals surface area contributed by atoms with Crippen LogP contribution in [-0.4, -0.2) is 46.1 Å². The number of phenolic OH excluding ortho intramolecular Hbond substituents is 1. The SMILES string of the molecule is C#CN(C(=O)C(Cc1ccc(O)cc1)NC(=O)OC(C)(C)C)C(C(=O)NCCCC)c1ccccc1C. The fourth-order valence-electron chi connectivity index (χ4n) is 3.73. The van der Waals surface area contributed by atoms with Gasteiger partial charge in [0, 0.05) is 19.0 Å². The Balaban J connectivity index is 2.47. The van der Waals surface area contributed by atoms with Crippen LogP contribution in [0.15, 0.2) is 48.5 Å². The molecule has 0 fully saturated rings. The van der Waals surface area contributed by atoms with Crippen LogP contribution in [0, 0.1) is 19.4 Å². The van der Waals surface area contributed by atoms with E-state index in [9.17, 15) is 19.5 Å². The third kappa shape index (κ3) is 8.87. The number of hydrogen-bond acceptors (Lipinski definition) is 5. The van der Waals surface area contributed by atoms with Crippen molar-refractivity contribution in [1.29, 1.82) is 0 Å². The number of ether oxygens (including phenoxy) is 1. The van der Waals surface area contributed by atoms with Gasteiger partial charge in [0.2, 0.25) is 5.91 Å². The van der Waals surface area contributed by atoms with E-state index in [-0.39, 0.29) is 12.2 Å². The summed E-state index contributed by atoms with van der Waals surface area (Å²) in [6.07, 6.45) is 6.78. The fourth-order valence-corrected chi connectivity index (χ4v) is 3.73. The van der Waals surface area contributed by atoms with Gasteiger partial charge >= 0.3 is 6.09 Å². The Morgan fingerprint density at radius 1 is 1.11 bits per heavy atom. The quantitative estimate of drug-likeness (QED) is 0.254. The summed E-state index contributed by atoms with van der Waals surface area (Å²) in [6.45, 7) is 9.44. The highest BCUT2D eigenvalue weighted by atomic mass is 16.6. The highest BCUT2D eigenvalue weighted by Crippen LogP contribution is 2.25. The predicted molar refractivity (Wildman–Crippen MR) is 142 cm³/mol. The molecule has 2 unspecified atom stereocenters. The number of hydrogen-bond donors (Lipinski definition) is 3. The Morgan fingerprint density at radius 2 is 1.76 bits per heavy atom. The molecule has 2 aromatic carbocycles. The van der Waals surface area contributed by atoms with Gasteiger partial charge < -0.3 is 20.5 Å². The van der Waals surface area contributed by atoms with Gasteiger partial charge in [0.25, 0.3) is 5.91 Å². The topological polar surface area (TPSA) is 108 Å². The van der Waals surface area contributed by atoms with E-state index in [1.54, 1.807) is 45.0 Å². The monoisotopic (exact) mass is 507 g/mol. The number of benzene rings is 2. The lowest BCUT2D eigenvalue weighted by atomic mass is 9.97. The molecule has 37 heavy (non-hydrogen) atoms. The van der Waals surface area contributed by atoms with Crippen LogP contribution in [0.4, 0.5) is 4.79 Å². The van der Waals surface area contributed by atoms with Gasteiger partial charge in [0.15, 0.2) is 0 Å². The molecule has 0 saturated carbocycles. The predicted octanol–water partition coefficient (Wildman–Crippen LogP) is 4.21. The van der Waals surface area contributed by atoms with Gasteiger partial charge in [-0.3, -0.25) is 14.5 Å². The van der Waals surface area contributed by atoms with E-state index in [1.807, 2.05) is 26.0 Å². The molecule has 0 aliphatic heterocycles. The number of nitrogens with zero attached hydrogens (tertiary/aromatic N) is 1. The second-order valence-electron chi connectivity index (χ2n) is 9.81. The number of nitrogens with one attached hydrogen (secondary N) is 2. The summed E-state index contributed by atoms with van der Waals surface area (Å²) in [5, 5.41) is 15.1. The molecular formula is C29H37N3O5. The van der Waals surface area contributed by atoms with Crippen LogP contribution in [0.3, 0.4) is 0 Å². The number of amides is 3. The molecule has 198 valence electrons. The Kier molecular flexibility index (Phi) is 10.6. The van der Waals surface area contributed by atoms with Gasteiger partial charge in [-0.15, -0.1) is 0 Å².